The van der Waals surface area contributed by atoms with Crippen molar-refractivity contribution in [3.63, 3.8) is 0 Å². The van der Waals surface area contributed by atoms with Crippen LogP contribution in [0.4, 0.5) is 0 Å². The third-order valence-electron chi connectivity index (χ3n) is 15.6. The smallest absolute Gasteiger partial charge is 0.0463 e. The van der Waals surface area contributed by atoms with Crippen molar-refractivity contribution in [1.29, 1.82) is 0 Å². The quantitative estimate of drug-likeness (QED) is 0.0847. The molecule has 7 aromatic rings. The molecule has 0 fully saturated rings. The lowest BCUT2D eigenvalue weighted by Crippen LogP contribution is -2.28. The van der Waals surface area contributed by atoms with Crippen molar-refractivity contribution in [2.75, 3.05) is 0 Å². The van der Waals surface area contributed by atoms with Gasteiger partial charge >= 0.3 is 0 Å². The molecule has 310 valence electrons. The van der Waals surface area contributed by atoms with E-state index in [-0.39, 0.29) is 10.8 Å². The Morgan fingerprint density at radius 2 is 0.677 bits per heavy atom. The Kier molecular flexibility index (Phi) is 11.0. The van der Waals surface area contributed by atoms with Gasteiger partial charge in [0, 0.05) is 19.8 Å². The fourth-order valence-electron chi connectivity index (χ4n) is 12.2. The van der Waals surface area contributed by atoms with E-state index in [1.54, 1.807) is 22.3 Å². The summed E-state index contributed by atoms with van der Waals surface area (Å²) in [4.78, 5) is 0. The van der Waals surface area contributed by atoms with Gasteiger partial charge in [-0.1, -0.05) is 204 Å². The average molecular weight is 937 g/mol. The van der Waals surface area contributed by atoms with Crippen molar-refractivity contribution in [2.24, 2.45) is 0 Å². The first kappa shape index (κ1) is 40.3. The van der Waals surface area contributed by atoms with Crippen molar-refractivity contribution in [3.05, 3.63) is 221 Å². The van der Waals surface area contributed by atoms with E-state index in [2.05, 4.69) is 177 Å². The van der Waals surface area contributed by atoms with E-state index in [1.807, 2.05) is 0 Å². The normalized spacial score (nSPS) is 15.4. The molecule has 7 aromatic carbocycles. The molecule has 0 heterocycles. The largest absolute Gasteiger partial charge is 0.0619 e. The highest BCUT2D eigenvalue weighted by Crippen LogP contribution is 2.57. The van der Waals surface area contributed by atoms with Gasteiger partial charge in [0.25, 0.3) is 0 Å². The minimum atomic E-state index is -0.0687. The lowest BCUT2D eigenvalue weighted by molar-refractivity contribution is 0.510. The minimum absolute atomic E-state index is 0.0687. The van der Waals surface area contributed by atoms with Gasteiger partial charge in [-0.15, -0.1) is 0 Å². The van der Waals surface area contributed by atoms with Crippen LogP contribution in [0.2, 0.25) is 0 Å². The summed E-state index contributed by atoms with van der Waals surface area (Å²) in [5.41, 5.74) is 23.6. The van der Waals surface area contributed by atoms with Gasteiger partial charge in [0.1, 0.15) is 0 Å². The summed E-state index contributed by atoms with van der Waals surface area (Å²) in [5.74, 6) is 0. The SMILES string of the molecule is Brc1cc(CCCCCCC2(c3ccc4c(c3)CC4)c3ccccc3-c3ccccc32)c(Br)cc1CCCCCCC1(c2ccc3c(c2)CC3)c2ccccc2-c2ccccc21. The number of hydrogen-bond acceptors (Lipinski definition) is 0. The lowest BCUT2D eigenvalue weighted by Gasteiger charge is -2.35. The summed E-state index contributed by atoms with van der Waals surface area (Å²) in [6.45, 7) is 0. The van der Waals surface area contributed by atoms with Gasteiger partial charge in [-0.25, -0.2) is 0 Å². The van der Waals surface area contributed by atoms with E-state index in [1.165, 1.54) is 153 Å². The van der Waals surface area contributed by atoms with Crippen LogP contribution in [0.1, 0.15) is 131 Å². The Labute approximate surface area is 386 Å². The zero-order valence-electron chi connectivity index (χ0n) is 35.9. The highest BCUT2D eigenvalue weighted by atomic mass is 79.9. The number of aryl methyl sites for hydroxylation is 6. The van der Waals surface area contributed by atoms with Gasteiger partial charge < -0.3 is 0 Å². The zero-order valence-corrected chi connectivity index (χ0v) is 39.1. The van der Waals surface area contributed by atoms with Crippen molar-refractivity contribution < 1.29 is 0 Å². The van der Waals surface area contributed by atoms with E-state index in [0.29, 0.717) is 0 Å². The molecular formula is C60H56Br2. The third kappa shape index (κ3) is 6.82. The molecule has 0 spiro atoms. The second-order valence-corrected chi connectivity index (χ2v) is 20.5. The minimum Gasteiger partial charge on any atom is -0.0619 e. The number of unbranched alkanes of at least 4 members (excludes halogenated alkanes) is 6. The van der Waals surface area contributed by atoms with Crippen LogP contribution in [0.15, 0.2) is 155 Å². The van der Waals surface area contributed by atoms with Crippen molar-refractivity contribution in [1.82, 2.24) is 0 Å². The van der Waals surface area contributed by atoms with Crippen molar-refractivity contribution >= 4 is 31.9 Å². The molecule has 4 aliphatic rings. The number of halogens is 2. The fourth-order valence-corrected chi connectivity index (χ4v) is 13.3. The summed E-state index contributed by atoms with van der Waals surface area (Å²) in [6.07, 6.45) is 19.3. The van der Waals surface area contributed by atoms with Crippen LogP contribution in [-0.4, -0.2) is 0 Å². The van der Waals surface area contributed by atoms with Gasteiger partial charge in [-0.3, -0.25) is 0 Å². The Hall–Kier alpha value is -4.50. The van der Waals surface area contributed by atoms with Crippen LogP contribution in [0.25, 0.3) is 22.3 Å². The van der Waals surface area contributed by atoms with Gasteiger partial charge in [0.05, 0.1) is 0 Å². The Morgan fingerprint density at radius 1 is 0.339 bits per heavy atom. The molecule has 0 nitrogen and oxygen atoms in total. The summed E-state index contributed by atoms with van der Waals surface area (Å²) < 4.78 is 2.54. The molecule has 0 bridgehead atoms. The molecule has 0 aliphatic heterocycles. The van der Waals surface area contributed by atoms with Crippen LogP contribution >= 0.6 is 31.9 Å². The summed E-state index contributed by atoms with van der Waals surface area (Å²) in [6, 6.07) is 56.5. The number of hydrogen-bond donors (Lipinski definition) is 0. The maximum absolute atomic E-state index is 4.01. The second-order valence-electron chi connectivity index (χ2n) is 18.8. The molecule has 0 radical (unpaired) electrons. The van der Waals surface area contributed by atoms with Gasteiger partial charge in [-0.05, 0) is 165 Å². The first-order valence-electron chi connectivity index (χ1n) is 23.6. The van der Waals surface area contributed by atoms with Crippen LogP contribution in [-0.2, 0) is 49.4 Å². The topological polar surface area (TPSA) is 0 Å². The predicted octanol–water partition coefficient (Wildman–Crippen LogP) is 16.4. The summed E-state index contributed by atoms with van der Waals surface area (Å²) in [7, 11) is 0. The lowest BCUT2D eigenvalue weighted by atomic mass is 9.68. The first-order chi connectivity index (χ1) is 30.5. The molecule has 0 amide bonds. The maximum atomic E-state index is 4.01. The number of benzene rings is 7. The molecule has 0 saturated carbocycles. The fraction of sp³-hybridized carbons (Fsp3) is 0.300. The van der Waals surface area contributed by atoms with E-state index >= 15 is 0 Å². The van der Waals surface area contributed by atoms with Crippen LogP contribution in [0.5, 0.6) is 0 Å². The van der Waals surface area contributed by atoms with Crippen molar-refractivity contribution in [3.8, 4) is 22.3 Å². The molecule has 11 rings (SSSR count). The molecular weight excluding hydrogens is 880 g/mol. The van der Waals surface area contributed by atoms with Crippen molar-refractivity contribution in [2.45, 2.75) is 114 Å². The average Bonchev–Trinajstić information content (AvgIpc) is 3.73. The summed E-state index contributed by atoms with van der Waals surface area (Å²) in [5, 5.41) is 0. The predicted molar refractivity (Wildman–Crippen MR) is 267 cm³/mol. The van der Waals surface area contributed by atoms with Gasteiger partial charge in [0.15, 0.2) is 0 Å². The zero-order chi connectivity index (χ0) is 41.7. The highest BCUT2D eigenvalue weighted by Gasteiger charge is 2.45. The third-order valence-corrected chi connectivity index (χ3v) is 17.0. The van der Waals surface area contributed by atoms with E-state index in [0.717, 1.165) is 25.7 Å². The van der Waals surface area contributed by atoms with Gasteiger partial charge in [0.2, 0.25) is 0 Å². The van der Waals surface area contributed by atoms with E-state index in [9.17, 15) is 0 Å². The number of fused-ring (bicyclic) bond motifs is 8. The van der Waals surface area contributed by atoms with E-state index < -0.39 is 0 Å². The number of rotatable bonds is 16. The first-order valence-corrected chi connectivity index (χ1v) is 25.2. The molecule has 0 saturated heterocycles. The van der Waals surface area contributed by atoms with Crippen LogP contribution < -0.4 is 0 Å². The molecule has 0 atom stereocenters. The van der Waals surface area contributed by atoms with Gasteiger partial charge in [-0.2, -0.15) is 0 Å². The molecule has 62 heavy (non-hydrogen) atoms. The van der Waals surface area contributed by atoms with E-state index in [4.69, 9.17) is 0 Å². The Bertz CT molecular complexity index is 2520. The Morgan fingerprint density at radius 3 is 1.02 bits per heavy atom. The molecule has 0 aromatic heterocycles. The summed E-state index contributed by atoms with van der Waals surface area (Å²) >= 11 is 8.01. The second kappa shape index (κ2) is 16.9. The molecule has 4 aliphatic carbocycles. The monoisotopic (exact) mass is 934 g/mol. The molecule has 0 unspecified atom stereocenters. The van der Waals surface area contributed by atoms with Crippen LogP contribution in [0.3, 0.4) is 0 Å². The molecule has 0 N–H and O–H groups in total. The Balaban J connectivity index is 0.698. The maximum Gasteiger partial charge on any atom is 0.0463 e. The standard InChI is InChI=1S/C60H56Br2/c61-57-40-46(18-6-2-4-16-36-60(48-34-32-42-28-30-44(42)38-48)55-25-13-9-21-51(55)52-22-10-14-26-56(52)60)58(62)39-45(57)17-5-1-3-15-35-59(47-33-31-41-27-29-43(41)37-47)53-23-11-7-19-49(53)50-20-8-12-24-54(50)59/h7-14,19-26,31-34,37-40H,1-6,15-18,27-30,35-36H2. The highest BCUT2D eigenvalue weighted by molar-refractivity contribution is 9.11. The van der Waals surface area contributed by atoms with Crippen LogP contribution in [0, 0.1) is 0 Å². The molecule has 2 heteroatoms.